The number of aromatic nitrogens is 3. The topological polar surface area (TPSA) is 106 Å². The summed E-state index contributed by atoms with van der Waals surface area (Å²) in [5, 5.41) is 13.2. The molecule has 0 saturated carbocycles. The molecule has 0 aliphatic rings. The van der Waals surface area contributed by atoms with Gasteiger partial charge in [0.05, 0.1) is 17.7 Å². The van der Waals surface area contributed by atoms with E-state index in [-0.39, 0.29) is 25.0 Å². The largest absolute Gasteiger partial charge is 0.462 e. The molecule has 10 heteroatoms. The lowest BCUT2D eigenvalue weighted by Gasteiger charge is -2.31. The van der Waals surface area contributed by atoms with Gasteiger partial charge in [-0.15, -0.1) is 16.4 Å². The van der Waals surface area contributed by atoms with Gasteiger partial charge >= 0.3 is 5.97 Å². The number of esters is 1. The fraction of sp³-hybridized carbons (Fsp3) is 0.321. The number of thiophene rings is 1. The van der Waals surface area contributed by atoms with Crippen LogP contribution in [0.2, 0.25) is 0 Å². The molecule has 0 saturated heterocycles. The van der Waals surface area contributed by atoms with Gasteiger partial charge in [0, 0.05) is 17.1 Å². The van der Waals surface area contributed by atoms with Crippen molar-refractivity contribution in [1.29, 1.82) is 0 Å². The van der Waals surface area contributed by atoms with Crippen molar-refractivity contribution in [2.24, 2.45) is 5.92 Å². The molecular weight excluding hydrogens is 502 g/mol. The van der Waals surface area contributed by atoms with Crippen LogP contribution in [-0.2, 0) is 20.9 Å². The molecule has 1 N–H and O–H groups in total. The van der Waals surface area contributed by atoms with E-state index in [0.717, 1.165) is 11.3 Å². The lowest BCUT2D eigenvalue weighted by atomic mass is 10.1. The number of hydrogen-bond donors (Lipinski definition) is 1. The molecule has 2 aromatic heterocycles. The Hall–Kier alpha value is -4.05. The van der Waals surface area contributed by atoms with E-state index in [9.17, 15) is 14.4 Å². The van der Waals surface area contributed by atoms with Crippen molar-refractivity contribution >= 4 is 45.8 Å². The van der Waals surface area contributed by atoms with Crippen LogP contribution >= 0.6 is 11.3 Å². The Labute approximate surface area is 225 Å². The maximum Gasteiger partial charge on any atom is 0.338 e. The molecule has 9 nitrogen and oxygen atoms in total. The summed E-state index contributed by atoms with van der Waals surface area (Å²) in [4.78, 5) is 42.0. The average molecular weight is 534 g/mol. The monoisotopic (exact) mass is 533 g/mol. The number of carbonyl (C=O) groups excluding carboxylic acids is 3. The zero-order chi connectivity index (χ0) is 27.1. The normalized spacial score (nSPS) is 11.9. The van der Waals surface area contributed by atoms with Crippen LogP contribution in [0.1, 0.15) is 48.5 Å². The molecule has 0 aliphatic heterocycles. The van der Waals surface area contributed by atoms with Crippen LogP contribution in [0.25, 0.3) is 11.0 Å². The molecule has 2 aromatic carbocycles. The maximum atomic E-state index is 14.0. The molecule has 0 radical (unpaired) electrons. The Morgan fingerprint density at radius 2 is 1.82 bits per heavy atom. The van der Waals surface area contributed by atoms with E-state index < -0.39 is 12.0 Å². The van der Waals surface area contributed by atoms with Gasteiger partial charge in [0.15, 0.2) is 0 Å². The number of rotatable bonds is 11. The van der Waals surface area contributed by atoms with Crippen LogP contribution in [-0.4, -0.2) is 45.9 Å². The van der Waals surface area contributed by atoms with Gasteiger partial charge in [-0.25, -0.2) is 9.48 Å². The minimum atomic E-state index is -0.905. The predicted octanol–water partition coefficient (Wildman–Crippen LogP) is 4.61. The van der Waals surface area contributed by atoms with E-state index in [1.807, 2.05) is 41.8 Å². The summed E-state index contributed by atoms with van der Waals surface area (Å²) in [7, 11) is 0. The second-order valence-corrected chi connectivity index (χ2v) is 10.1. The van der Waals surface area contributed by atoms with Gasteiger partial charge in [-0.3, -0.25) is 14.5 Å². The zero-order valence-electron chi connectivity index (χ0n) is 21.7. The van der Waals surface area contributed by atoms with E-state index in [1.54, 1.807) is 31.2 Å². The van der Waals surface area contributed by atoms with E-state index in [0.29, 0.717) is 34.7 Å². The quantitative estimate of drug-likeness (QED) is 0.282. The van der Waals surface area contributed by atoms with Crippen LogP contribution in [0.15, 0.2) is 66.0 Å². The van der Waals surface area contributed by atoms with Crippen molar-refractivity contribution in [3.05, 3.63) is 76.5 Å². The number of carbonyl (C=O) groups is 3. The highest BCUT2D eigenvalue weighted by molar-refractivity contribution is 7.10. The van der Waals surface area contributed by atoms with Crippen molar-refractivity contribution in [2.75, 3.05) is 18.1 Å². The van der Waals surface area contributed by atoms with Crippen molar-refractivity contribution in [3.8, 4) is 0 Å². The zero-order valence-corrected chi connectivity index (χ0v) is 22.5. The molecule has 2 amide bonds. The van der Waals surface area contributed by atoms with Crippen molar-refractivity contribution in [3.63, 3.8) is 0 Å². The summed E-state index contributed by atoms with van der Waals surface area (Å²) in [6.45, 7) is 6.55. The highest BCUT2D eigenvalue weighted by Crippen LogP contribution is 2.31. The number of benzene rings is 2. The Balaban J connectivity index is 1.72. The smallest absolute Gasteiger partial charge is 0.338 e. The fourth-order valence-corrected chi connectivity index (χ4v) is 4.86. The van der Waals surface area contributed by atoms with E-state index in [1.165, 1.54) is 20.9 Å². The Kier molecular flexibility index (Phi) is 8.85. The van der Waals surface area contributed by atoms with E-state index in [2.05, 4.69) is 29.5 Å². The van der Waals surface area contributed by atoms with Crippen LogP contribution in [0.5, 0.6) is 0 Å². The number of fused-ring (bicyclic) bond motifs is 1. The standard InChI is InChI=1S/C28H31N5O4S/c1-4-37-28(36)20-11-13-21(14-12-20)33(25(34)18-32-23-9-6-5-8-22(23)30-31-32)26(24-10-7-17-38-24)27(35)29-16-15-19(2)3/h5-14,17,19,26H,4,15-16,18H2,1-3H3,(H,29,35). The fourth-order valence-electron chi connectivity index (χ4n) is 4.05. The minimum absolute atomic E-state index is 0.124. The Bertz CT molecular complexity index is 1380. The van der Waals surface area contributed by atoms with Gasteiger partial charge in [0.1, 0.15) is 18.1 Å². The number of para-hydroxylation sites is 1. The maximum absolute atomic E-state index is 14.0. The van der Waals surface area contributed by atoms with Crippen LogP contribution < -0.4 is 10.2 Å². The molecule has 0 bridgehead atoms. The van der Waals surface area contributed by atoms with Crippen molar-refractivity contribution in [1.82, 2.24) is 20.3 Å². The van der Waals surface area contributed by atoms with Gasteiger partial charge in [-0.05, 0) is 67.1 Å². The SMILES string of the molecule is CCOC(=O)c1ccc(N(C(=O)Cn2nnc3ccccc32)C(C(=O)NCCC(C)C)c2cccs2)cc1. The summed E-state index contributed by atoms with van der Waals surface area (Å²) in [5.41, 5.74) is 2.23. The van der Waals surface area contributed by atoms with Crippen LogP contribution in [0, 0.1) is 5.92 Å². The number of ether oxygens (including phenoxy) is 1. The number of anilines is 1. The average Bonchev–Trinajstić information content (AvgIpc) is 3.58. The predicted molar refractivity (Wildman–Crippen MR) is 147 cm³/mol. The molecule has 198 valence electrons. The third-order valence-electron chi connectivity index (χ3n) is 5.97. The van der Waals surface area contributed by atoms with Crippen molar-refractivity contribution < 1.29 is 19.1 Å². The lowest BCUT2D eigenvalue weighted by Crippen LogP contribution is -2.45. The molecule has 4 rings (SSSR count). The molecule has 1 unspecified atom stereocenters. The lowest BCUT2D eigenvalue weighted by molar-refractivity contribution is -0.126. The molecule has 1 atom stereocenters. The van der Waals surface area contributed by atoms with Gasteiger partial charge < -0.3 is 10.1 Å². The first kappa shape index (κ1) is 27.0. The first-order chi connectivity index (χ1) is 18.4. The Morgan fingerprint density at radius 1 is 1.05 bits per heavy atom. The van der Waals surface area contributed by atoms with E-state index in [4.69, 9.17) is 4.74 Å². The summed E-state index contributed by atoms with van der Waals surface area (Å²) < 4.78 is 6.62. The van der Waals surface area contributed by atoms with Gasteiger partial charge in [-0.1, -0.05) is 37.3 Å². The Morgan fingerprint density at radius 3 is 2.50 bits per heavy atom. The molecule has 0 spiro atoms. The van der Waals surface area contributed by atoms with Crippen LogP contribution in [0.3, 0.4) is 0 Å². The molecule has 0 aliphatic carbocycles. The third-order valence-corrected chi connectivity index (χ3v) is 6.90. The minimum Gasteiger partial charge on any atom is -0.462 e. The van der Waals surface area contributed by atoms with Gasteiger partial charge in [-0.2, -0.15) is 0 Å². The summed E-state index contributed by atoms with van der Waals surface area (Å²) >= 11 is 1.40. The van der Waals surface area contributed by atoms with Crippen LogP contribution in [0.4, 0.5) is 5.69 Å². The highest BCUT2D eigenvalue weighted by atomic mass is 32.1. The van der Waals surface area contributed by atoms with Gasteiger partial charge in [0.2, 0.25) is 11.8 Å². The highest BCUT2D eigenvalue weighted by Gasteiger charge is 2.34. The number of hydrogen-bond acceptors (Lipinski definition) is 7. The van der Waals surface area contributed by atoms with Gasteiger partial charge in [0.25, 0.3) is 0 Å². The molecule has 2 heterocycles. The molecule has 38 heavy (non-hydrogen) atoms. The third kappa shape index (κ3) is 6.25. The number of nitrogens with zero attached hydrogens (tertiary/aromatic N) is 4. The second-order valence-electron chi connectivity index (χ2n) is 9.16. The second kappa shape index (κ2) is 12.5. The molecular formula is C28H31N5O4S. The summed E-state index contributed by atoms with van der Waals surface area (Å²) in [6.07, 6.45) is 0.816. The van der Waals surface area contributed by atoms with Crippen molar-refractivity contribution in [2.45, 2.75) is 39.8 Å². The molecule has 4 aromatic rings. The summed E-state index contributed by atoms with van der Waals surface area (Å²) in [5.74, 6) is -0.655. The summed E-state index contributed by atoms with van der Waals surface area (Å²) in [6, 6.07) is 16.7. The molecule has 0 fully saturated rings. The first-order valence-electron chi connectivity index (χ1n) is 12.6. The number of amides is 2. The first-order valence-corrected chi connectivity index (χ1v) is 13.5. The number of nitrogens with one attached hydrogen (secondary N) is 1. The van der Waals surface area contributed by atoms with E-state index >= 15 is 0 Å².